The maximum absolute atomic E-state index is 12.9. The van der Waals surface area contributed by atoms with E-state index >= 15 is 0 Å². The van der Waals surface area contributed by atoms with E-state index in [1.807, 2.05) is 42.1 Å². The monoisotopic (exact) mass is 403 g/mol. The van der Waals surface area contributed by atoms with Gasteiger partial charge in [-0.15, -0.1) is 0 Å². The highest BCUT2D eigenvalue weighted by atomic mass is 16.5. The van der Waals surface area contributed by atoms with Crippen LogP contribution in [0.25, 0.3) is 5.69 Å². The average molecular weight is 404 g/mol. The van der Waals surface area contributed by atoms with Gasteiger partial charge in [0.25, 0.3) is 0 Å². The van der Waals surface area contributed by atoms with Gasteiger partial charge in [-0.05, 0) is 68.6 Å². The fourth-order valence-corrected chi connectivity index (χ4v) is 4.34. The van der Waals surface area contributed by atoms with E-state index in [9.17, 15) is 4.79 Å². The topological polar surface area (TPSA) is 47.4 Å². The van der Waals surface area contributed by atoms with Crippen LogP contribution in [0.2, 0.25) is 0 Å². The number of esters is 1. The molecule has 1 aromatic heterocycles. The highest BCUT2D eigenvalue weighted by Crippen LogP contribution is 2.37. The number of nitrogens with zero attached hydrogens (tertiary/aromatic N) is 3. The standard InChI is InChI=1S/C25H29N3O2/c1-2-30-24(29)25(19-21-8-4-3-5-9-21)12-16-27(17-13-25)20-22-10-6-11-23(18-22)28-15-7-14-26-28/h3-11,14-15,18H,2,12-13,16-17,19-20H2,1H3. The van der Waals surface area contributed by atoms with Crippen LogP contribution in [0.15, 0.2) is 73.1 Å². The van der Waals surface area contributed by atoms with Gasteiger partial charge in [0.05, 0.1) is 17.7 Å². The van der Waals surface area contributed by atoms with Crippen molar-refractivity contribution >= 4 is 5.97 Å². The number of ether oxygens (including phenoxy) is 1. The number of benzene rings is 2. The van der Waals surface area contributed by atoms with Crippen molar-refractivity contribution in [1.29, 1.82) is 0 Å². The van der Waals surface area contributed by atoms with Crippen LogP contribution in [-0.2, 0) is 22.5 Å². The van der Waals surface area contributed by atoms with Gasteiger partial charge in [-0.1, -0.05) is 42.5 Å². The van der Waals surface area contributed by atoms with Gasteiger partial charge in [0.2, 0.25) is 0 Å². The summed E-state index contributed by atoms with van der Waals surface area (Å²) in [5.41, 5.74) is 3.10. The zero-order valence-electron chi connectivity index (χ0n) is 17.5. The molecule has 2 aromatic carbocycles. The zero-order chi connectivity index (χ0) is 20.8. The summed E-state index contributed by atoms with van der Waals surface area (Å²) >= 11 is 0. The molecule has 0 spiro atoms. The fourth-order valence-electron chi connectivity index (χ4n) is 4.34. The smallest absolute Gasteiger partial charge is 0.312 e. The molecule has 5 heteroatoms. The Balaban J connectivity index is 1.44. The van der Waals surface area contributed by atoms with E-state index < -0.39 is 5.41 Å². The maximum atomic E-state index is 12.9. The lowest BCUT2D eigenvalue weighted by molar-refractivity contribution is -0.158. The second-order valence-corrected chi connectivity index (χ2v) is 8.06. The summed E-state index contributed by atoms with van der Waals surface area (Å²) in [6, 6.07) is 20.7. The zero-order valence-corrected chi connectivity index (χ0v) is 17.5. The molecule has 1 aliphatic heterocycles. The number of likely N-dealkylation sites (tertiary alicyclic amines) is 1. The van der Waals surface area contributed by atoms with Crippen molar-refractivity contribution in [3.05, 3.63) is 84.2 Å². The molecule has 1 saturated heterocycles. The van der Waals surface area contributed by atoms with Crippen LogP contribution in [0.3, 0.4) is 0 Å². The van der Waals surface area contributed by atoms with E-state index in [1.54, 1.807) is 6.20 Å². The molecule has 0 unspecified atom stereocenters. The minimum absolute atomic E-state index is 0.0471. The molecule has 0 N–H and O–H groups in total. The second-order valence-electron chi connectivity index (χ2n) is 8.06. The van der Waals surface area contributed by atoms with Gasteiger partial charge in [0.1, 0.15) is 0 Å². The minimum atomic E-state index is -0.426. The molecular weight excluding hydrogens is 374 g/mol. The predicted molar refractivity (Wildman–Crippen MR) is 117 cm³/mol. The number of hydrogen-bond acceptors (Lipinski definition) is 4. The van der Waals surface area contributed by atoms with E-state index in [1.165, 1.54) is 11.1 Å². The molecule has 5 nitrogen and oxygen atoms in total. The first-order valence-electron chi connectivity index (χ1n) is 10.7. The van der Waals surface area contributed by atoms with Crippen molar-refractivity contribution in [1.82, 2.24) is 14.7 Å². The first-order chi connectivity index (χ1) is 14.7. The Hall–Kier alpha value is -2.92. The second kappa shape index (κ2) is 9.26. The van der Waals surface area contributed by atoms with Crippen LogP contribution in [0.4, 0.5) is 0 Å². The van der Waals surface area contributed by atoms with Crippen LogP contribution in [0.5, 0.6) is 0 Å². The number of carbonyl (C=O) groups is 1. The lowest BCUT2D eigenvalue weighted by atomic mass is 9.73. The first kappa shape index (κ1) is 20.4. The van der Waals surface area contributed by atoms with Crippen LogP contribution in [0.1, 0.15) is 30.9 Å². The van der Waals surface area contributed by atoms with E-state index in [0.717, 1.165) is 44.6 Å². The summed E-state index contributed by atoms with van der Waals surface area (Å²) in [7, 11) is 0. The number of hydrogen-bond donors (Lipinski definition) is 0. The molecule has 156 valence electrons. The molecule has 0 atom stereocenters. The van der Waals surface area contributed by atoms with Crippen LogP contribution < -0.4 is 0 Å². The van der Waals surface area contributed by atoms with Crippen LogP contribution >= 0.6 is 0 Å². The van der Waals surface area contributed by atoms with Crippen LogP contribution in [-0.4, -0.2) is 40.3 Å². The molecule has 0 radical (unpaired) electrons. The van der Waals surface area contributed by atoms with Gasteiger partial charge < -0.3 is 4.74 Å². The quantitative estimate of drug-likeness (QED) is 0.553. The predicted octanol–water partition coefficient (Wildman–Crippen LogP) is 4.26. The van der Waals surface area contributed by atoms with Gasteiger partial charge in [0, 0.05) is 18.9 Å². The molecule has 1 aliphatic rings. The molecule has 3 aromatic rings. The van der Waals surface area contributed by atoms with Gasteiger partial charge in [0.15, 0.2) is 0 Å². The fraction of sp³-hybridized carbons (Fsp3) is 0.360. The molecule has 2 heterocycles. The maximum Gasteiger partial charge on any atom is 0.312 e. The van der Waals surface area contributed by atoms with Gasteiger partial charge >= 0.3 is 5.97 Å². The van der Waals surface area contributed by atoms with Crippen molar-refractivity contribution in [3.8, 4) is 5.69 Å². The summed E-state index contributed by atoms with van der Waals surface area (Å²) in [4.78, 5) is 15.4. The summed E-state index contributed by atoms with van der Waals surface area (Å²) in [6.45, 7) is 4.96. The van der Waals surface area contributed by atoms with E-state index in [-0.39, 0.29) is 5.97 Å². The summed E-state index contributed by atoms with van der Waals surface area (Å²) in [5, 5.41) is 4.32. The first-order valence-corrected chi connectivity index (χ1v) is 10.7. The van der Waals surface area contributed by atoms with E-state index in [4.69, 9.17) is 4.74 Å². The van der Waals surface area contributed by atoms with Crippen LogP contribution in [0, 0.1) is 5.41 Å². The average Bonchev–Trinajstić information content (AvgIpc) is 3.31. The summed E-state index contributed by atoms with van der Waals surface area (Å²) in [6.07, 6.45) is 6.13. The molecule has 1 fully saturated rings. The van der Waals surface area contributed by atoms with Crippen molar-refractivity contribution in [2.45, 2.75) is 32.7 Å². The largest absolute Gasteiger partial charge is 0.466 e. The van der Waals surface area contributed by atoms with Gasteiger partial charge in [-0.25, -0.2) is 4.68 Å². The highest BCUT2D eigenvalue weighted by molar-refractivity contribution is 5.77. The Morgan fingerprint density at radius 1 is 1.03 bits per heavy atom. The normalized spacial score (nSPS) is 16.3. The third kappa shape index (κ3) is 4.62. The number of piperidine rings is 1. The Bertz CT molecular complexity index is 946. The van der Waals surface area contributed by atoms with Crippen molar-refractivity contribution in [2.24, 2.45) is 5.41 Å². The number of rotatable bonds is 7. The SMILES string of the molecule is CCOC(=O)C1(Cc2ccccc2)CCN(Cc2cccc(-n3cccn3)c2)CC1. The third-order valence-electron chi connectivity index (χ3n) is 5.99. The molecule has 0 saturated carbocycles. The molecule has 0 amide bonds. The minimum Gasteiger partial charge on any atom is -0.466 e. The Morgan fingerprint density at radius 3 is 2.50 bits per heavy atom. The summed E-state index contributed by atoms with van der Waals surface area (Å²) in [5.74, 6) is -0.0471. The summed E-state index contributed by atoms with van der Waals surface area (Å²) < 4.78 is 7.38. The van der Waals surface area contributed by atoms with Crippen molar-refractivity contribution in [2.75, 3.05) is 19.7 Å². The molecule has 4 rings (SSSR count). The lowest BCUT2D eigenvalue weighted by Gasteiger charge is -2.40. The molecular formula is C25H29N3O2. The Kier molecular flexibility index (Phi) is 6.29. The van der Waals surface area contributed by atoms with Crippen molar-refractivity contribution in [3.63, 3.8) is 0 Å². The Labute approximate surface area is 178 Å². The number of aromatic nitrogens is 2. The van der Waals surface area contributed by atoms with E-state index in [2.05, 4.69) is 46.4 Å². The van der Waals surface area contributed by atoms with Gasteiger partial charge in [-0.3, -0.25) is 9.69 Å². The number of carbonyl (C=O) groups excluding carboxylic acids is 1. The van der Waals surface area contributed by atoms with Crippen molar-refractivity contribution < 1.29 is 9.53 Å². The third-order valence-corrected chi connectivity index (χ3v) is 5.99. The lowest BCUT2D eigenvalue weighted by Crippen LogP contribution is -2.46. The highest BCUT2D eigenvalue weighted by Gasteiger charge is 2.42. The Morgan fingerprint density at radius 2 is 1.80 bits per heavy atom. The van der Waals surface area contributed by atoms with E-state index in [0.29, 0.717) is 6.61 Å². The molecule has 30 heavy (non-hydrogen) atoms. The van der Waals surface area contributed by atoms with Gasteiger partial charge in [-0.2, -0.15) is 5.10 Å². The molecule has 0 bridgehead atoms. The molecule has 0 aliphatic carbocycles.